The van der Waals surface area contributed by atoms with E-state index in [1.54, 1.807) is 18.0 Å². The molecule has 0 spiro atoms. The Morgan fingerprint density at radius 1 is 1.13 bits per heavy atom. The minimum Gasteiger partial charge on any atom is -0.496 e. The van der Waals surface area contributed by atoms with Crippen molar-refractivity contribution >= 4 is 21.9 Å². The van der Waals surface area contributed by atoms with Gasteiger partial charge < -0.3 is 9.72 Å². The van der Waals surface area contributed by atoms with Crippen LogP contribution in [0.25, 0.3) is 21.9 Å². The van der Waals surface area contributed by atoms with E-state index in [2.05, 4.69) is 9.97 Å². The number of hydrogen-bond acceptors (Lipinski definition) is 3. The van der Waals surface area contributed by atoms with Crippen molar-refractivity contribution in [1.29, 1.82) is 0 Å². The lowest BCUT2D eigenvalue weighted by Crippen LogP contribution is -2.21. The molecule has 0 saturated carbocycles. The first-order chi connectivity index (χ1) is 11.3. The summed E-state index contributed by atoms with van der Waals surface area (Å²) in [6, 6.07) is 15.5. The molecule has 4 rings (SSSR count). The lowest BCUT2D eigenvalue weighted by atomic mass is 10.2. The van der Waals surface area contributed by atoms with Crippen LogP contribution in [0.4, 0.5) is 0 Å². The maximum absolute atomic E-state index is 12.8. The minimum atomic E-state index is -0.0860. The standard InChI is InChI=1S/C18H15N3O2/c1-23-15-9-5-2-6-12(15)10-21-11-19-16-13-7-3-4-8-14(13)20-17(16)18(21)22/h2-9,11,20H,10H2,1H3. The fourth-order valence-corrected chi connectivity index (χ4v) is 2.87. The molecule has 5 nitrogen and oxygen atoms in total. The van der Waals surface area contributed by atoms with Gasteiger partial charge in [-0.2, -0.15) is 0 Å². The Hall–Kier alpha value is -3.08. The van der Waals surface area contributed by atoms with Crippen LogP contribution in [0.1, 0.15) is 5.56 Å². The zero-order chi connectivity index (χ0) is 15.8. The molecule has 0 unspecified atom stereocenters. The second kappa shape index (κ2) is 5.28. The van der Waals surface area contributed by atoms with E-state index in [4.69, 9.17) is 4.74 Å². The van der Waals surface area contributed by atoms with E-state index in [0.29, 0.717) is 17.6 Å². The van der Waals surface area contributed by atoms with E-state index in [0.717, 1.165) is 22.2 Å². The van der Waals surface area contributed by atoms with Gasteiger partial charge in [-0.3, -0.25) is 9.36 Å². The van der Waals surface area contributed by atoms with Crippen molar-refractivity contribution in [3.05, 3.63) is 70.8 Å². The van der Waals surface area contributed by atoms with Crippen molar-refractivity contribution in [3.8, 4) is 5.75 Å². The minimum absolute atomic E-state index is 0.0860. The zero-order valence-electron chi connectivity index (χ0n) is 12.6. The number of benzene rings is 2. The van der Waals surface area contributed by atoms with E-state index in [1.807, 2.05) is 48.5 Å². The molecule has 0 aliphatic rings. The Kier molecular flexibility index (Phi) is 3.12. The number of H-pyrrole nitrogens is 1. The summed E-state index contributed by atoms with van der Waals surface area (Å²) in [5.41, 5.74) is 3.01. The third kappa shape index (κ3) is 2.17. The van der Waals surface area contributed by atoms with E-state index in [9.17, 15) is 4.79 Å². The molecule has 2 heterocycles. The fourth-order valence-electron chi connectivity index (χ4n) is 2.87. The molecular formula is C18H15N3O2. The van der Waals surface area contributed by atoms with Gasteiger partial charge in [0.1, 0.15) is 16.8 Å². The van der Waals surface area contributed by atoms with E-state index < -0.39 is 0 Å². The Labute approximate surface area is 132 Å². The largest absolute Gasteiger partial charge is 0.496 e. The van der Waals surface area contributed by atoms with Crippen LogP contribution >= 0.6 is 0 Å². The highest BCUT2D eigenvalue weighted by atomic mass is 16.5. The van der Waals surface area contributed by atoms with E-state index in [1.165, 1.54) is 0 Å². The quantitative estimate of drug-likeness (QED) is 0.633. The maximum atomic E-state index is 12.8. The molecule has 0 bridgehead atoms. The third-order valence-corrected chi connectivity index (χ3v) is 4.01. The maximum Gasteiger partial charge on any atom is 0.277 e. The van der Waals surface area contributed by atoms with Crippen LogP contribution in [0.5, 0.6) is 5.75 Å². The van der Waals surface area contributed by atoms with Gasteiger partial charge in [0.25, 0.3) is 5.56 Å². The van der Waals surface area contributed by atoms with Gasteiger partial charge in [-0.25, -0.2) is 4.98 Å². The number of rotatable bonds is 3. The van der Waals surface area contributed by atoms with Crippen molar-refractivity contribution in [3.63, 3.8) is 0 Å². The lowest BCUT2D eigenvalue weighted by Gasteiger charge is -2.09. The molecule has 5 heteroatoms. The van der Waals surface area contributed by atoms with Gasteiger partial charge in [-0.1, -0.05) is 36.4 Å². The van der Waals surface area contributed by atoms with Gasteiger partial charge in [0.2, 0.25) is 0 Å². The molecule has 0 aliphatic heterocycles. The number of nitrogens with one attached hydrogen (secondary N) is 1. The lowest BCUT2D eigenvalue weighted by molar-refractivity contribution is 0.408. The summed E-state index contributed by atoms with van der Waals surface area (Å²) in [6.45, 7) is 0.418. The fraction of sp³-hybridized carbons (Fsp3) is 0.111. The van der Waals surface area contributed by atoms with Gasteiger partial charge in [0.05, 0.1) is 20.0 Å². The highest BCUT2D eigenvalue weighted by Gasteiger charge is 2.11. The summed E-state index contributed by atoms with van der Waals surface area (Å²) in [7, 11) is 1.63. The average molecular weight is 305 g/mol. The first-order valence-electron chi connectivity index (χ1n) is 7.35. The number of aromatic amines is 1. The number of fused-ring (bicyclic) bond motifs is 3. The van der Waals surface area contributed by atoms with Crippen molar-refractivity contribution in [2.75, 3.05) is 7.11 Å². The summed E-state index contributed by atoms with van der Waals surface area (Å²) >= 11 is 0. The number of para-hydroxylation sites is 2. The molecule has 0 atom stereocenters. The van der Waals surface area contributed by atoms with E-state index in [-0.39, 0.29) is 5.56 Å². The van der Waals surface area contributed by atoms with Crippen LogP contribution in [0.2, 0.25) is 0 Å². The Morgan fingerprint density at radius 3 is 2.78 bits per heavy atom. The van der Waals surface area contributed by atoms with Gasteiger partial charge >= 0.3 is 0 Å². The van der Waals surface area contributed by atoms with Crippen LogP contribution in [0, 0.1) is 0 Å². The SMILES string of the molecule is COc1ccccc1Cn1cnc2c([nH]c3ccccc32)c1=O. The molecule has 4 aromatic rings. The molecule has 23 heavy (non-hydrogen) atoms. The van der Waals surface area contributed by atoms with Crippen molar-refractivity contribution in [2.45, 2.75) is 6.54 Å². The molecule has 0 saturated heterocycles. The predicted octanol–water partition coefficient (Wildman–Crippen LogP) is 2.93. The van der Waals surface area contributed by atoms with Gasteiger partial charge in [-0.05, 0) is 12.1 Å². The second-order valence-corrected chi connectivity index (χ2v) is 5.38. The second-order valence-electron chi connectivity index (χ2n) is 5.38. The highest BCUT2D eigenvalue weighted by Crippen LogP contribution is 2.21. The first kappa shape index (κ1) is 13.6. The van der Waals surface area contributed by atoms with Crippen LogP contribution in [-0.2, 0) is 6.54 Å². The van der Waals surface area contributed by atoms with Crippen LogP contribution < -0.4 is 10.3 Å². The van der Waals surface area contributed by atoms with Gasteiger partial charge in [0.15, 0.2) is 0 Å². The summed E-state index contributed by atoms with van der Waals surface area (Å²) in [6.07, 6.45) is 1.59. The predicted molar refractivity (Wildman–Crippen MR) is 90.0 cm³/mol. The number of ether oxygens (including phenoxy) is 1. The number of aromatic nitrogens is 3. The van der Waals surface area contributed by atoms with E-state index >= 15 is 0 Å². The molecule has 0 amide bonds. The Morgan fingerprint density at radius 2 is 1.91 bits per heavy atom. The number of hydrogen-bond donors (Lipinski definition) is 1. The average Bonchev–Trinajstić information content (AvgIpc) is 2.97. The molecule has 2 aromatic heterocycles. The smallest absolute Gasteiger partial charge is 0.277 e. The first-order valence-corrected chi connectivity index (χ1v) is 7.35. The molecule has 0 radical (unpaired) electrons. The van der Waals surface area contributed by atoms with Crippen LogP contribution in [-0.4, -0.2) is 21.6 Å². The molecule has 1 N–H and O–H groups in total. The Balaban J connectivity index is 1.87. The number of methoxy groups -OCH3 is 1. The molecular weight excluding hydrogens is 290 g/mol. The monoisotopic (exact) mass is 305 g/mol. The third-order valence-electron chi connectivity index (χ3n) is 4.01. The Bertz CT molecular complexity index is 1060. The zero-order valence-corrected chi connectivity index (χ0v) is 12.6. The summed E-state index contributed by atoms with van der Waals surface area (Å²) in [5, 5.41) is 0.962. The molecule has 0 aliphatic carbocycles. The van der Waals surface area contributed by atoms with Crippen LogP contribution in [0.3, 0.4) is 0 Å². The van der Waals surface area contributed by atoms with Crippen molar-refractivity contribution < 1.29 is 4.74 Å². The molecule has 114 valence electrons. The van der Waals surface area contributed by atoms with Crippen LogP contribution in [0.15, 0.2) is 59.7 Å². The van der Waals surface area contributed by atoms with Gasteiger partial charge in [0, 0.05) is 16.5 Å². The summed E-state index contributed by atoms with van der Waals surface area (Å²) in [5.74, 6) is 0.760. The number of nitrogens with zero attached hydrogens (tertiary/aromatic N) is 2. The summed E-state index contributed by atoms with van der Waals surface area (Å²) in [4.78, 5) is 20.4. The normalized spacial score (nSPS) is 11.2. The summed E-state index contributed by atoms with van der Waals surface area (Å²) < 4.78 is 6.94. The van der Waals surface area contributed by atoms with Crippen molar-refractivity contribution in [1.82, 2.24) is 14.5 Å². The van der Waals surface area contributed by atoms with Crippen molar-refractivity contribution in [2.24, 2.45) is 0 Å². The highest BCUT2D eigenvalue weighted by molar-refractivity contribution is 6.04. The van der Waals surface area contributed by atoms with Gasteiger partial charge in [-0.15, -0.1) is 0 Å². The molecule has 2 aromatic carbocycles. The topological polar surface area (TPSA) is 59.9 Å². The molecule has 0 fully saturated rings.